The van der Waals surface area contributed by atoms with Crippen molar-refractivity contribution in [3.63, 3.8) is 0 Å². The first-order valence-corrected chi connectivity index (χ1v) is 37.6. The summed E-state index contributed by atoms with van der Waals surface area (Å²) in [5.74, 6) is 2.17. The van der Waals surface area contributed by atoms with Crippen molar-refractivity contribution < 1.29 is 0 Å². The Bertz CT molecular complexity index is 7230. The quantitative estimate of drug-likeness (QED) is 0.109. The van der Waals surface area contributed by atoms with Crippen molar-refractivity contribution in [3.8, 4) is 33.9 Å². The van der Waals surface area contributed by atoms with E-state index in [-0.39, 0.29) is 0 Å². The van der Waals surface area contributed by atoms with Crippen LogP contribution in [-0.4, -0.2) is 98.8 Å². The molecule has 0 aliphatic heterocycles. The van der Waals surface area contributed by atoms with Gasteiger partial charge in [-0.25, -0.2) is 29.9 Å². The highest BCUT2D eigenvalue weighted by Crippen LogP contribution is 2.45. The maximum Gasteiger partial charge on any atom is 0.157 e. The molecule has 11 aromatic heterocycles. The lowest BCUT2D eigenvalue weighted by Gasteiger charge is -2.28. The van der Waals surface area contributed by atoms with Crippen molar-refractivity contribution in [2.75, 3.05) is 4.90 Å². The Hall–Kier alpha value is -15.1. The Morgan fingerprint density at radius 3 is 0.841 bits per heavy atom. The zero-order valence-corrected chi connectivity index (χ0v) is 61.7. The Labute approximate surface area is 644 Å². The van der Waals surface area contributed by atoms with Gasteiger partial charge in [0.05, 0.1) is 52.0 Å². The number of rotatable bonds is 11. The van der Waals surface area contributed by atoms with E-state index in [4.69, 9.17) is 34.9 Å². The van der Waals surface area contributed by atoms with Gasteiger partial charge in [-0.05, 0) is 71.2 Å². The number of hydrogen-bond acceptors (Lipinski definition) is 19. The molecule has 0 bridgehead atoms. The van der Waals surface area contributed by atoms with Crippen LogP contribution in [0, 0.1) is 0 Å². The maximum absolute atomic E-state index is 5.30. The number of para-hydroxylation sites is 6. The predicted molar refractivity (Wildman–Crippen MR) is 449 cm³/mol. The summed E-state index contributed by atoms with van der Waals surface area (Å²) in [6.07, 6.45) is 29.2. The molecule has 0 fully saturated rings. The second-order valence-corrected chi connectivity index (χ2v) is 27.2. The van der Waals surface area contributed by atoms with Crippen LogP contribution in [0.5, 0.6) is 0 Å². The SMILES string of the molecule is CCc1cccc2c3cccc(CC)c3n(-c3cnc4c5nccnc5c5nccnc5c4n3)c12.CCc1ccccc1N(c1cnc2c3nccnc3c3nccnc3c2n1)c1ccccc1CC.c1ccc(-c2cccc3c4cccc(-c5ccccc5)c4n(-c4cnc5c6nccnc6c6nccnc6c5n4)c23)cc1. The van der Waals surface area contributed by atoms with Gasteiger partial charge < -0.3 is 0 Å². The molecule has 21 heteroatoms. The van der Waals surface area contributed by atoms with Gasteiger partial charge in [-0.1, -0.05) is 198 Å². The summed E-state index contributed by atoms with van der Waals surface area (Å²) >= 11 is 0. The molecule has 0 N–H and O–H groups in total. The standard InChI is InChI=1S/C36H21N7.C28H21N7.C28H23N7/c1-3-9-22(10-4-1)24-13-7-15-26-27-16-8-14-25(23-11-5-2-6-12-23)36(27)43(35(24)26)28-21-41-33-31-29(37-17-18-39-31)30-32(34(33)42-28)40-20-19-38-30;1-3-16-7-5-9-18-19-10-6-8-17(4-2)28(19)35(27(16)18)20-15-33-25-23-21(29-11-12-31-23)22-24(26(25)34-20)32-14-13-30-22;1-3-18-9-5-7-11-20(18)35(21-12-8-6-10-19(21)4-2)22-17-33-27-25-23(29-13-14-31-25)24-26(28(27)34-22)32-16-15-30-24/h1-21H;5-15H,3-4H2,1-2H3;5-17H,3-4H2,1-2H3. The van der Waals surface area contributed by atoms with Crippen molar-refractivity contribution in [2.45, 2.75) is 53.4 Å². The minimum atomic E-state index is 0.637. The van der Waals surface area contributed by atoms with Crippen LogP contribution >= 0.6 is 0 Å². The van der Waals surface area contributed by atoms with Crippen LogP contribution in [0.15, 0.2) is 275 Å². The van der Waals surface area contributed by atoms with Gasteiger partial charge in [0.1, 0.15) is 99.3 Å². The number of anilines is 3. The van der Waals surface area contributed by atoms with Gasteiger partial charge in [0.15, 0.2) is 17.5 Å². The van der Waals surface area contributed by atoms with Crippen molar-refractivity contribution >= 4 is 160 Å². The molecule has 113 heavy (non-hydrogen) atoms. The van der Waals surface area contributed by atoms with E-state index in [0.29, 0.717) is 105 Å². The normalized spacial score (nSPS) is 11.7. The number of nitrogens with zero attached hydrogens (tertiary/aromatic N) is 21. The fourth-order valence-electron chi connectivity index (χ4n) is 16.1. The van der Waals surface area contributed by atoms with E-state index in [0.717, 1.165) is 92.8 Å². The van der Waals surface area contributed by atoms with E-state index in [9.17, 15) is 0 Å². The van der Waals surface area contributed by atoms with Gasteiger partial charge in [-0.3, -0.25) is 73.8 Å². The molecule has 0 saturated carbocycles. The molecule has 0 unspecified atom stereocenters. The first-order valence-electron chi connectivity index (χ1n) is 37.6. The molecule has 0 aliphatic rings. The van der Waals surface area contributed by atoms with Crippen LogP contribution in [0.3, 0.4) is 0 Å². The molecule has 0 spiro atoms. The largest absolute Gasteiger partial charge is 0.293 e. The molecule has 21 nitrogen and oxygen atoms in total. The van der Waals surface area contributed by atoms with Crippen LogP contribution in [0.25, 0.3) is 177 Å². The summed E-state index contributed by atoms with van der Waals surface area (Å²) in [5.41, 5.74) is 28.1. The summed E-state index contributed by atoms with van der Waals surface area (Å²) in [6.45, 7) is 8.72. The van der Waals surface area contributed by atoms with Crippen molar-refractivity contribution in [1.82, 2.24) is 98.8 Å². The Morgan fingerprint density at radius 2 is 0.496 bits per heavy atom. The molecular formula is C92H65N21. The second-order valence-electron chi connectivity index (χ2n) is 27.2. The molecule has 0 atom stereocenters. The van der Waals surface area contributed by atoms with Gasteiger partial charge >= 0.3 is 0 Å². The fourth-order valence-corrected chi connectivity index (χ4v) is 16.1. The molecule has 0 saturated heterocycles. The van der Waals surface area contributed by atoms with Crippen molar-refractivity contribution in [3.05, 3.63) is 297 Å². The number of fused-ring (bicyclic) bond motifs is 24. The number of benzene rings is 11. The average Bonchev–Trinajstić information content (AvgIpc) is 1.50. The lowest BCUT2D eigenvalue weighted by molar-refractivity contribution is 1.03. The number of aromatic nitrogens is 20. The average molecular weight is 1460 g/mol. The van der Waals surface area contributed by atoms with Gasteiger partial charge in [-0.2, -0.15) is 0 Å². The van der Waals surface area contributed by atoms with Crippen LogP contribution in [0.4, 0.5) is 17.2 Å². The van der Waals surface area contributed by atoms with E-state index in [1.54, 1.807) is 74.4 Å². The molecule has 0 radical (unpaired) electrons. The van der Waals surface area contributed by atoms with Crippen LogP contribution in [-0.2, 0) is 25.7 Å². The minimum absolute atomic E-state index is 0.637. The molecule has 0 aliphatic carbocycles. The first kappa shape index (κ1) is 67.2. The zero-order valence-electron chi connectivity index (χ0n) is 61.7. The van der Waals surface area contributed by atoms with Gasteiger partial charge in [0.25, 0.3) is 0 Å². The topological polar surface area (TPSA) is 245 Å². The number of aryl methyl sites for hydroxylation is 4. The first-order chi connectivity index (χ1) is 56.0. The van der Waals surface area contributed by atoms with E-state index >= 15 is 0 Å². The van der Waals surface area contributed by atoms with Crippen LogP contribution in [0.1, 0.15) is 49.9 Å². The van der Waals surface area contributed by atoms with Crippen molar-refractivity contribution in [1.29, 1.82) is 0 Å². The highest BCUT2D eigenvalue weighted by atomic mass is 15.2. The van der Waals surface area contributed by atoms with E-state index in [1.165, 1.54) is 44.1 Å². The third kappa shape index (κ3) is 11.1. The van der Waals surface area contributed by atoms with Gasteiger partial charge in [-0.15, -0.1) is 0 Å². The molecule has 538 valence electrons. The van der Waals surface area contributed by atoms with Gasteiger partial charge in [0, 0.05) is 107 Å². The summed E-state index contributed by atoms with van der Waals surface area (Å²) in [6, 6.07) is 63.9. The summed E-state index contributed by atoms with van der Waals surface area (Å²) in [7, 11) is 0. The molecule has 22 rings (SSSR count). The molecular weight excluding hydrogens is 1400 g/mol. The highest BCUT2D eigenvalue weighted by molar-refractivity contribution is 6.22. The number of hydrogen-bond donors (Lipinski definition) is 0. The lowest BCUT2D eigenvalue weighted by atomic mass is 10.0. The monoisotopic (exact) mass is 1460 g/mol. The Kier molecular flexibility index (Phi) is 16.8. The highest BCUT2D eigenvalue weighted by Gasteiger charge is 2.27. The lowest BCUT2D eigenvalue weighted by Crippen LogP contribution is -2.15. The van der Waals surface area contributed by atoms with Crippen LogP contribution < -0.4 is 4.90 Å². The smallest absolute Gasteiger partial charge is 0.157 e. The van der Waals surface area contributed by atoms with E-state index < -0.39 is 0 Å². The predicted octanol–water partition coefficient (Wildman–Crippen LogP) is 19.8. The second kappa shape index (κ2) is 28.1. The summed E-state index contributed by atoms with van der Waals surface area (Å²) in [5, 5.41) is 4.74. The van der Waals surface area contributed by atoms with E-state index in [1.807, 2.05) is 30.7 Å². The minimum Gasteiger partial charge on any atom is -0.293 e. The zero-order chi connectivity index (χ0) is 75.6. The van der Waals surface area contributed by atoms with Gasteiger partial charge in [0.2, 0.25) is 0 Å². The Balaban J connectivity index is 0.000000111. The third-order valence-electron chi connectivity index (χ3n) is 21.1. The fraction of sp³-hybridized carbons (Fsp3) is 0.0870. The molecule has 0 amide bonds. The molecule has 11 aromatic carbocycles. The maximum atomic E-state index is 5.30. The Morgan fingerprint density at radius 1 is 0.230 bits per heavy atom. The van der Waals surface area contributed by atoms with Crippen LogP contribution in [0.2, 0.25) is 0 Å². The molecule has 11 heterocycles. The molecule has 22 aromatic rings. The summed E-state index contributed by atoms with van der Waals surface area (Å²) in [4.78, 5) is 87.6. The summed E-state index contributed by atoms with van der Waals surface area (Å²) < 4.78 is 4.53. The third-order valence-corrected chi connectivity index (χ3v) is 21.1. The van der Waals surface area contributed by atoms with E-state index in [2.05, 4.69) is 266 Å². The van der Waals surface area contributed by atoms with Crippen molar-refractivity contribution in [2.24, 2.45) is 0 Å².